The van der Waals surface area contributed by atoms with Crippen molar-refractivity contribution in [1.29, 1.82) is 0 Å². The Hall–Kier alpha value is -2.28. The Labute approximate surface area is 118 Å². The first-order valence-corrected chi connectivity index (χ1v) is 7.18. The smallest absolute Gasteiger partial charge is 0.259 e. The number of hydrogen-bond acceptors (Lipinski definition) is 5. The van der Waals surface area contributed by atoms with E-state index < -0.39 is 0 Å². The van der Waals surface area contributed by atoms with Crippen molar-refractivity contribution >= 4 is 17.5 Å². The fraction of sp³-hybridized carbons (Fsp3) is 0.154. The minimum atomic E-state index is -0.350. The number of nitrogens with one attached hydrogen (secondary N) is 1. The van der Waals surface area contributed by atoms with Crippen LogP contribution in [0, 0.1) is 0 Å². The zero-order valence-electron chi connectivity index (χ0n) is 10.7. The van der Waals surface area contributed by atoms with Crippen LogP contribution in [0.25, 0.3) is 5.78 Å². The van der Waals surface area contributed by atoms with Gasteiger partial charge in [0.2, 0.25) is 11.7 Å². The van der Waals surface area contributed by atoms with Crippen LogP contribution >= 0.6 is 11.8 Å². The number of rotatable bonds is 3. The fourth-order valence-electron chi connectivity index (χ4n) is 1.99. The Morgan fingerprint density at radius 3 is 2.80 bits per heavy atom. The molecule has 2 N–H and O–H groups in total. The molecule has 3 aromatic rings. The summed E-state index contributed by atoms with van der Waals surface area (Å²) >= 11 is 1.65. The average molecular weight is 288 g/mol. The molecule has 0 aliphatic heterocycles. The van der Waals surface area contributed by atoms with Crippen LogP contribution in [0.2, 0.25) is 0 Å². The summed E-state index contributed by atoms with van der Waals surface area (Å²) in [5, 5.41) is 14.0. The average Bonchev–Trinajstić information content (AvgIpc) is 2.92. The van der Waals surface area contributed by atoms with Gasteiger partial charge in [-0.05, 0) is 24.0 Å². The molecular weight excluding hydrogens is 276 g/mol. The van der Waals surface area contributed by atoms with Crippen LogP contribution in [0.4, 0.5) is 0 Å². The highest BCUT2D eigenvalue weighted by molar-refractivity contribution is 7.98. The topological polar surface area (TPSA) is 83.3 Å². The van der Waals surface area contributed by atoms with Crippen molar-refractivity contribution in [2.24, 2.45) is 0 Å². The summed E-state index contributed by atoms with van der Waals surface area (Å²) < 4.78 is 1.22. The Bertz CT molecular complexity index is 807. The lowest BCUT2D eigenvalue weighted by atomic mass is 10.1. The largest absolute Gasteiger partial charge is 0.493 e. The molecule has 20 heavy (non-hydrogen) atoms. The number of benzene rings is 1. The third-order valence-corrected chi connectivity index (χ3v) is 3.80. The predicted octanol–water partition coefficient (Wildman–Crippen LogP) is 1.44. The van der Waals surface area contributed by atoms with Crippen molar-refractivity contribution in [2.75, 3.05) is 6.26 Å². The van der Waals surface area contributed by atoms with Crippen molar-refractivity contribution < 1.29 is 5.11 Å². The van der Waals surface area contributed by atoms with E-state index in [2.05, 4.69) is 15.1 Å². The van der Waals surface area contributed by atoms with Crippen LogP contribution in [0.15, 0.2) is 40.3 Å². The van der Waals surface area contributed by atoms with Gasteiger partial charge in [-0.15, -0.1) is 11.8 Å². The maximum Gasteiger partial charge on any atom is 0.259 e. The molecule has 0 unspecified atom stereocenters. The number of fused-ring (bicyclic) bond motifs is 1. The normalized spacial score (nSPS) is 11.1. The molecule has 3 rings (SSSR count). The van der Waals surface area contributed by atoms with E-state index in [1.54, 1.807) is 11.8 Å². The number of thioether (sulfide) groups is 1. The fourth-order valence-corrected chi connectivity index (χ4v) is 2.40. The molecular formula is C13H12N4O2S. The van der Waals surface area contributed by atoms with E-state index in [1.165, 1.54) is 10.8 Å². The number of hydrogen-bond donors (Lipinski definition) is 2. The Balaban J connectivity index is 2.03. The number of H-pyrrole nitrogens is 1. The second-order valence-corrected chi connectivity index (χ2v) is 5.16. The Kier molecular flexibility index (Phi) is 3.19. The van der Waals surface area contributed by atoms with Gasteiger partial charge < -0.3 is 5.11 Å². The highest BCUT2D eigenvalue weighted by atomic mass is 32.2. The molecule has 0 aliphatic carbocycles. The summed E-state index contributed by atoms with van der Waals surface area (Å²) in [4.78, 5) is 19.6. The van der Waals surface area contributed by atoms with E-state index in [-0.39, 0.29) is 22.8 Å². The number of aromatic amines is 1. The molecule has 0 aliphatic rings. The molecule has 0 spiro atoms. The molecule has 0 amide bonds. The molecule has 102 valence electrons. The van der Waals surface area contributed by atoms with Crippen LogP contribution in [0.5, 0.6) is 5.88 Å². The van der Waals surface area contributed by atoms with Crippen LogP contribution in [-0.4, -0.2) is 30.9 Å². The molecule has 6 nitrogen and oxygen atoms in total. The van der Waals surface area contributed by atoms with Gasteiger partial charge >= 0.3 is 0 Å². The van der Waals surface area contributed by atoms with Gasteiger partial charge in [-0.3, -0.25) is 9.78 Å². The first-order chi connectivity index (χ1) is 9.69. The van der Waals surface area contributed by atoms with Gasteiger partial charge in [-0.1, -0.05) is 12.1 Å². The highest BCUT2D eigenvalue weighted by Gasteiger charge is 2.13. The van der Waals surface area contributed by atoms with Gasteiger partial charge in [-0.2, -0.15) is 14.6 Å². The SMILES string of the molecule is CSc1ccc(Cc2c(O)n3ncnc3[nH]c2=O)cc1. The summed E-state index contributed by atoms with van der Waals surface area (Å²) in [5.74, 6) is 0.0594. The summed E-state index contributed by atoms with van der Waals surface area (Å²) in [5.41, 5.74) is 0.875. The predicted molar refractivity (Wildman–Crippen MR) is 76.3 cm³/mol. The molecule has 0 fully saturated rings. The second kappa shape index (κ2) is 5.01. The first-order valence-electron chi connectivity index (χ1n) is 5.96. The van der Waals surface area contributed by atoms with E-state index >= 15 is 0 Å². The molecule has 1 aromatic carbocycles. The second-order valence-electron chi connectivity index (χ2n) is 4.28. The van der Waals surface area contributed by atoms with E-state index in [4.69, 9.17) is 0 Å². The van der Waals surface area contributed by atoms with E-state index in [0.717, 1.165) is 10.5 Å². The van der Waals surface area contributed by atoms with E-state index in [1.807, 2.05) is 30.5 Å². The van der Waals surface area contributed by atoms with Crippen LogP contribution in [0.1, 0.15) is 11.1 Å². The highest BCUT2D eigenvalue weighted by Crippen LogP contribution is 2.19. The van der Waals surface area contributed by atoms with Crippen molar-refractivity contribution in [3.63, 3.8) is 0 Å². The zero-order valence-corrected chi connectivity index (χ0v) is 11.5. The quantitative estimate of drug-likeness (QED) is 0.712. The van der Waals surface area contributed by atoms with Crippen molar-refractivity contribution in [2.45, 2.75) is 11.3 Å². The summed E-state index contributed by atoms with van der Waals surface area (Å²) in [6.45, 7) is 0. The lowest BCUT2D eigenvalue weighted by Crippen LogP contribution is -2.16. The van der Waals surface area contributed by atoms with E-state index in [9.17, 15) is 9.90 Å². The maximum absolute atomic E-state index is 12.0. The minimum absolute atomic E-state index is 0.171. The lowest BCUT2D eigenvalue weighted by Gasteiger charge is -2.05. The number of aromatic nitrogens is 4. The third-order valence-electron chi connectivity index (χ3n) is 3.06. The number of aromatic hydroxyl groups is 1. The van der Waals surface area contributed by atoms with Crippen LogP contribution < -0.4 is 5.56 Å². The van der Waals surface area contributed by atoms with Gasteiger partial charge in [0.15, 0.2) is 0 Å². The Morgan fingerprint density at radius 2 is 2.10 bits per heavy atom. The maximum atomic E-state index is 12.0. The van der Waals surface area contributed by atoms with Gasteiger partial charge in [0.25, 0.3) is 5.56 Å². The standard InChI is InChI=1S/C13H12N4O2S/c1-20-9-4-2-8(3-5-9)6-10-11(18)16-13-14-7-15-17(13)12(10)19/h2-5,7,19H,6H2,1H3,(H,14,15,16,18). The first kappa shape index (κ1) is 12.7. The molecule has 0 atom stereocenters. The van der Waals surface area contributed by atoms with Crippen molar-refractivity contribution in [3.05, 3.63) is 52.1 Å². The molecule has 0 bridgehead atoms. The molecule has 2 aromatic heterocycles. The van der Waals surface area contributed by atoms with Gasteiger partial charge in [0.05, 0.1) is 5.56 Å². The summed E-state index contributed by atoms with van der Waals surface area (Å²) in [6.07, 6.45) is 3.62. The third kappa shape index (κ3) is 2.16. The molecule has 0 saturated carbocycles. The van der Waals surface area contributed by atoms with Crippen LogP contribution in [-0.2, 0) is 6.42 Å². The summed E-state index contributed by atoms with van der Waals surface area (Å²) in [6, 6.07) is 7.85. The van der Waals surface area contributed by atoms with E-state index in [0.29, 0.717) is 6.42 Å². The molecule has 7 heteroatoms. The summed E-state index contributed by atoms with van der Waals surface area (Å²) in [7, 11) is 0. The van der Waals surface area contributed by atoms with Gasteiger partial charge in [0.1, 0.15) is 6.33 Å². The monoisotopic (exact) mass is 288 g/mol. The zero-order chi connectivity index (χ0) is 14.1. The van der Waals surface area contributed by atoms with Gasteiger partial charge in [0, 0.05) is 11.3 Å². The molecule has 0 radical (unpaired) electrons. The molecule has 2 heterocycles. The van der Waals surface area contributed by atoms with Crippen molar-refractivity contribution in [1.82, 2.24) is 19.6 Å². The van der Waals surface area contributed by atoms with Crippen LogP contribution in [0.3, 0.4) is 0 Å². The minimum Gasteiger partial charge on any atom is -0.493 e. The molecule has 0 saturated heterocycles. The van der Waals surface area contributed by atoms with Crippen molar-refractivity contribution in [3.8, 4) is 5.88 Å². The van der Waals surface area contributed by atoms with Gasteiger partial charge in [-0.25, -0.2) is 0 Å². The Morgan fingerprint density at radius 1 is 1.35 bits per heavy atom. The number of nitrogens with zero attached hydrogens (tertiary/aromatic N) is 3. The lowest BCUT2D eigenvalue weighted by molar-refractivity contribution is 0.427.